The Morgan fingerprint density at radius 3 is 2.41 bits per heavy atom. The van der Waals surface area contributed by atoms with Crippen molar-refractivity contribution < 1.29 is 15.3 Å². The van der Waals surface area contributed by atoms with Gasteiger partial charge in [-0.1, -0.05) is 11.8 Å². The summed E-state index contributed by atoms with van der Waals surface area (Å²) in [6.07, 6.45) is -1.71. The molecule has 0 amide bonds. The van der Waals surface area contributed by atoms with Crippen LogP contribution in [0.2, 0.25) is 0 Å². The highest BCUT2D eigenvalue weighted by Crippen LogP contribution is 2.43. The summed E-state index contributed by atoms with van der Waals surface area (Å²) in [5.74, 6) is -0.281. The highest BCUT2D eigenvalue weighted by atomic mass is 32.2. The van der Waals surface area contributed by atoms with Crippen LogP contribution in [0.25, 0.3) is 0 Å². The number of rotatable bonds is 3. The van der Waals surface area contributed by atoms with Crippen LogP contribution in [0.4, 0.5) is 0 Å². The first-order valence-corrected chi connectivity index (χ1v) is 6.98. The smallest absolute Gasteiger partial charge is 0.159 e. The van der Waals surface area contributed by atoms with Gasteiger partial charge in [-0.15, -0.1) is 0 Å². The van der Waals surface area contributed by atoms with E-state index in [0.29, 0.717) is 0 Å². The molecule has 1 aliphatic heterocycles. The van der Waals surface area contributed by atoms with Crippen LogP contribution in [0.15, 0.2) is 4.99 Å². The van der Waals surface area contributed by atoms with Crippen molar-refractivity contribution in [1.82, 2.24) is 4.90 Å². The second-order valence-electron chi connectivity index (χ2n) is 4.48. The molecular formula is C11H20N2O3S. The van der Waals surface area contributed by atoms with Gasteiger partial charge in [0.1, 0.15) is 6.10 Å². The quantitative estimate of drug-likeness (QED) is 0.638. The van der Waals surface area contributed by atoms with E-state index in [1.807, 2.05) is 0 Å². The van der Waals surface area contributed by atoms with Gasteiger partial charge in [0.15, 0.2) is 5.17 Å². The Labute approximate surface area is 106 Å². The number of nitrogens with zero attached hydrogens (tertiary/aromatic N) is 2. The summed E-state index contributed by atoms with van der Waals surface area (Å²) in [7, 11) is 0. The minimum atomic E-state index is -0.857. The molecule has 0 bridgehead atoms. The van der Waals surface area contributed by atoms with Crippen LogP contribution < -0.4 is 0 Å². The van der Waals surface area contributed by atoms with E-state index in [9.17, 15) is 15.3 Å². The van der Waals surface area contributed by atoms with Gasteiger partial charge in [-0.3, -0.25) is 4.99 Å². The maximum absolute atomic E-state index is 9.91. The topological polar surface area (TPSA) is 76.3 Å². The molecule has 1 heterocycles. The summed E-state index contributed by atoms with van der Waals surface area (Å²) in [6.45, 7) is 5.78. The van der Waals surface area contributed by atoms with E-state index in [4.69, 9.17) is 0 Å². The van der Waals surface area contributed by atoms with Gasteiger partial charge in [-0.2, -0.15) is 0 Å². The second-order valence-corrected chi connectivity index (χ2v) is 5.63. The fourth-order valence-corrected chi connectivity index (χ4v) is 4.16. The molecule has 0 radical (unpaired) electrons. The van der Waals surface area contributed by atoms with E-state index >= 15 is 0 Å². The molecule has 0 unspecified atom stereocenters. The summed E-state index contributed by atoms with van der Waals surface area (Å²) < 4.78 is 0. The van der Waals surface area contributed by atoms with Crippen molar-refractivity contribution in [2.75, 3.05) is 19.7 Å². The molecule has 2 rings (SSSR count). The first kappa shape index (κ1) is 13.1. The third-order valence-corrected chi connectivity index (χ3v) is 5.12. The molecule has 0 spiro atoms. The Balaban J connectivity index is 2.15. The van der Waals surface area contributed by atoms with E-state index in [2.05, 4.69) is 23.7 Å². The molecule has 17 heavy (non-hydrogen) atoms. The van der Waals surface area contributed by atoms with Crippen LogP contribution in [-0.4, -0.2) is 68.6 Å². The van der Waals surface area contributed by atoms with Crippen LogP contribution in [0.5, 0.6) is 0 Å². The van der Waals surface area contributed by atoms with Crippen LogP contribution in [-0.2, 0) is 0 Å². The van der Waals surface area contributed by atoms with Crippen LogP contribution >= 0.6 is 11.8 Å². The van der Waals surface area contributed by atoms with Gasteiger partial charge in [0.05, 0.1) is 12.1 Å². The number of hydrogen-bond acceptors (Lipinski definition) is 6. The van der Waals surface area contributed by atoms with E-state index in [-0.39, 0.29) is 23.8 Å². The van der Waals surface area contributed by atoms with Crippen LogP contribution in [0, 0.1) is 5.92 Å². The van der Waals surface area contributed by atoms with Gasteiger partial charge < -0.3 is 20.2 Å². The average Bonchev–Trinajstić information content (AvgIpc) is 2.83. The summed E-state index contributed by atoms with van der Waals surface area (Å²) in [5, 5.41) is 29.9. The summed E-state index contributed by atoms with van der Waals surface area (Å²) in [4.78, 5) is 6.64. The van der Waals surface area contributed by atoms with E-state index in [1.54, 1.807) is 11.8 Å². The monoisotopic (exact) mass is 260 g/mol. The Bertz CT molecular complexity index is 309. The molecule has 0 aromatic heterocycles. The molecule has 2 aliphatic rings. The maximum Gasteiger partial charge on any atom is 0.159 e. The standard InChI is InChI=1S/C11H20N2O3S/c1-3-13(4-2)11-12-7-9(16)8(15)6(5-14)10(7)17-11/h6-10,14-16H,3-5H2,1-2H3/t6-,7-,8-,9-,10+/m1/s1. The largest absolute Gasteiger partial charge is 0.396 e. The molecule has 5 atom stereocenters. The third kappa shape index (κ3) is 2.07. The van der Waals surface area contributed by atoms with Crippen molar-refractivity contribution in [3.05, 3.63) is 0 Å². The van der Waals surface area contributed by atoms with Gasteiger partial charge >= 0.3 is 0 Å². The van der Waals surface area contributed by atoms with Crippen molar-refractivity contribution in [1.29, 1.82) is 0 Å². The fourth-order valence-electron chi connectivity index (χ4n) is 2.55. The molecule has 1 saturated carbocycles. The molecule has 0 aromatic carbocycles. The molecule has 0 saturated heterocycles. The lowest BCUT2D eigenvalue weighted by atomic mass is 10.1. The highest BCUT2D eigenvalue weighted by Gasteiger charge is 2.53. The molecule has 1 fully saturated rings. The maximum atomic E-state index is 9.91. The summed E-state index contributed by atoms with van der Waals surface area (Å²) in [6, 6.07) is -0.275. The number of thioether (sulfide) groups is 1. The number of aliphatic imine (C=N–C) groups is 1. The number of fused-ring (bicyclic) bond motifs is 1. The normalized spacial score (nSPS) is 40.3. The Hall–Kier alpha value is -0.300. The van der Waals surface area contributed by atoms with Crippen molar-refractivity contribution in [3.8, 4) is 0 Å². The van der Waals surface area contributed by atoms with E-state index in [1.165, 1.54) is 0 Å². The minimum absolute atomic E-state index is 0.000556. The molecule has 3 N–H and O–H groups in total. The lowest BCUT2D eigenvalue weighted by Crippen LogP contribution is -2.33. The summed E-state index contributed by atoms with van der Waals surface area (Å²) in [5.41, 5.74) is 0. The van der Waals surface area contributed by atoms with Crippen LogP contribution in [0.3, 0.4) is 0 Å². The second kappa shape index (κ2) is 5.14. The first-order valence-electron chi connectivity index (χ1n) is 6.10. The van der Waals surface area contributed by atoms with Crippen molar-refractivity contribution in [2.45, 2.75) is 37.3 Å². The Kier molecular flexibility index (Phi) is 3.97. The molecule has 5 nitrogen and oxygen atoms in total. The number of aliphatic hydroxyl groups excluding tert-OH is 3. The predicted octanol–water partition coefficient (Wildman–Crippen LogP) is -0.488. The number of aliphatic hydroxyl groups is 3. The number of hydrogen-bond donors (Lipinski definition) is 3. The van der Waals surface area contributed by atoms with Gasteiger partial charge in [0.25, 0.3) is 0 Å². The van der Waals surface area contributed by atoms with E-state index < -0.39 is 12.2 Å². The van der Waals surface area contributed by atoms with Crippen molar-refractivity contribution in [2.24, 2.45) is 10.9 Å². The Morgan fingerprint density at radius 1 is 1.24 bits per heavy atom. The van der Waals surface area contributed by atoms with Crippen molar-refractivity contribution >= 4 is 16.9 Å². The lowest BCUT2D eigenvalue weighted by molar-refractivity contribution is 0.00322. The highest BCUT2D eigenvalue weighted by molar-refractivity contribution is 8.14. The predicted molar refractivity (Wildman–Crippen MR) is 68.1 cm³/mol. The zero-order valence-electron chi connectivity index (χ0n) is 10.2. The molecule has 98 valence electrons. The van der Waals surface area contributed by atoms with E-state index in [0.717, 1.165) is 18.3 Å². The first-order chi connectivity index (χ1) is 8.13. The third-order valence-electron chi connectivity index (χ3n) is 3.64. The van der Waals surface area contributed by atoms with Gasteiger partial charge in [0, 0.05) is 30.9 Å². The van der Waals surface area contributed by atoms with Gasteiger partial charge in [-0.25, -0.2) is 0 Å². The SMILES string of the molecule is CCN(CC)C1=N[C@@H]2[C@@H](O)[C@H](O)[C@@H](CO)[C@@H]2S1. The number of amidine groups is 1. The van der Waals surface area contributed by atoms with Gasteiger partial charge in [0.2, 0.25) is 0 Å². The van der Waals surface area contributed by atoms with Crippen LogP contribution in [0.1, 0.15) is 13.8 Å². The Morgan fingerprint density at radius 2 is 1.88 bits per heavy atom. The van der Waals surface area contributed by atoms with Crippen molar-refractivity contribution in [3.63, 3.8) is 0 Å². The summed E-state index contributed by atoms with van der Waals surface area (Å²) >= 11 is 1.57. The zero-order valence-corrected chi connectivity index (χ0v) is 11.0. The lowest BCUT2D eigenvalue weighted by Gasteiger charge is -2.23. The fraction of sp³-hybridized carbons (Fsp3) is 0.909. The average molecular weight is 260 g/mol. The molecule has 0 aromatic rings. The minimum Gasteiger partial charge on any atom is -0.396 e. The zero-order chi connectivity index (χ0) is 12.6. The molecule has 6 heteroatoms. The molecular weight excluding hydrogens is 240 g/mol. The van der Waals surface area contributed by atoms with Gasteiger partial charge in [-0.05, 0) is 13.8 Å². The molecule has 1 aliphatic carbocycles.